The van der Waals surface area contributed by atoms with E-state index in [-0.39, 0.29) is 5.92 Å². The molecule has 0 aromatic carbocycles. The Labute approximate surface area is 115 Å². The Kier molecular flexibility index (Phi) is 4.35. The number of halogens is 1. The van der Waals surface area contributed by atoms with Crippen molar-refractivity contribution in [2.45, 2.75) is 32.4 Å². The van der Waals surface area contributed by atoms with Crippen LogP contribution in [-0.2, 0) is 11.3 Å². The molecule has 1 aliphatic rings. The van der Waals surface area contributed by atoms with Gasteiger partial charge in [-0.25, -0.2) is 0 Å². The molecule has 2 unspecified atom stereocenters. The summed E-state index contributed by atoms with van der Waals surface area (Å²) in [7, 11) is 0. The van der Waals surface area contributed by atoms with E-state index in [0.29, 0.717) is 6.04 Å². The number of nitrogens with zero attached hydrogens (tertiary/aromatic N) is 2. The molecule has 0 spiro atoms. The van der Waals surface area contributed by atoms with Gasteiger partial charge in [-0.3, -0.25) is 14.7 Å². The van der Waals surface area contributed by atoms with Crippen LogP contribution in [0.2, 0.25) is 0 Å². The van der Waals surface area contributed by atoms with Crippen LogP contribution < -0.4 is 0 Å². The Morgan fingerprint density at radius 2 is 2.39 bits per heavy atom. The second-order valence-electron chi connectivity index (χ2n) is 4.89. The van der Waals surface area contributed by atoms with Crippen LogP contribution in [0.4, 0.5) is 0 Å². The molecule has 1 aliphatic heterocycles. The van der Waals surface area contributed by atoms with E-state index in [1.165, 1.54) is 0 Å². The SMILES string of the molecule is CC1CC(C(=O)O)CCN1Cc1cncc(Br)c1. The van der Waals surface area contributed by atoms with Crippen LogP contribution in [0.25, 0.3) is 0 Å². The lowest BCUT2D eigenvalue weighted by Gasteiger charge is -2.36. The lowest BCUT2D eigenvalue weighted by Crippen LogP contribution is -2.42. The van der Waals surface area contributed by atoms with E-state index in [4.69, 9.17) is 5.11 Å². The molecule has 5 heteroatoms. The van der Waals surface area contributed by atoms with Crippen LogP contribution in [0.15, 0.2) is 22.9 Å². The summed E-state index contributed by atoms with van der Waals surface area (Å²) in [6.07, 6.45) is 5.10. The molecular weight excluding hydrogens is 296 g/mol. The molecule has 98 valence electrons. The molecule has 4 nitrogen and oxygen atoms in total. The van der Waals surface area contributed by atoms with Gasteiger partial charge in [-0.15, -0.1) is 0 Å². The van der Waals surface area contributed by atoms with Crippen LogP contribution in [0.5, 0.6) is 0 Å². The van der Waals surface area contributed by atoms with E-state index in [0.717, 1.165) is 36.0 Å². The number of hydrogen-bond donors (Lipinski definition) is 1. The summed E-state index contributed by atoms with van der Waals surface area (Å²) in [6, 6.07) is 2.36. The molecule has 0 amide bonds. The van der Waals surface area contributed by atoms with Crippen molar-refractivity contribution in [1.82, 2.24) is 9.88 Å². The normalized spacial score (nSPS) is 25.0. The Balaban J connectivity index is 1.97. The maximum absolute atomic E-state index is 11.0. The molecule has 2 rings (SSSR count). The van der Waals surface area contributed by atoms with Crippen molar-refractivity contribution in [2.75, 3.05) is 6.54 Å². The number of rotatable bonds is 3. The molecule has 1 N–H and O–H groups in total. The van der Waals surface area contributed by atoms with Crippen molar-refractivity contribution < 1.29 is 9.90 Å². The highest BCUT2D eigenvalue weighted by atomic mass is 79.9. The van der Waals surface area contributed by atoms with E-state index in [2.05, 4.69) is 38.8 Å². The van der Waals surface area contributed by atoms with Gasteiger partial charge in [0.1, 0.15) is 0 Å². The van der Waals surface area contributed by atoms with Crippen LogP contribution in [0.1, 0.15) is 25.3 Å². The first-order valence-electron chi connectivity index (χ1n) is 6.12. The van der Waals surface area contributed by atoms with Gasteiger partial charge in [0.05, 0.1) is 5.92 Å². The molecule has 1 aromatic rings. The lowest BCUT2D eigenvalue weighted by molar-refractivity contribution is -0.144. The van der Waals surface area contributed by atoms with Crippen molar-refractivity contribution in [1.29, 1.82) is 0 Å². The van der Waals surface area contributed by atoms with Gasteiger partial charge in [0, 0.05) is 29.5 Å². The monoisotopic (exact) mass is 312 g/mol. The van der Waals surface area contributed by atoms with Gasteiger partial charge in [0.25, 0.3) is 0 Å². The largest absolute Gasteiger partial charge is 0.481 e. The number of carboxylic acids is 1. The minimum Gasteiger partial charge on any atom is -0.481 e. The number of aromatic nitrogens is 1. The van der Waals surface area contributed by atoms with Crippen molar-refractivity contribution in [3.8, 4) is 0 Å². The molecule has 1 fully saturated rings. The van der Waals surface area contributed by atoms with E-state index in [1.54, 1.807) is 6.20 Å². The minimum atomic E-state index is -0.661. The van der Waals surface area contributed by atoms with Crippen molar-refractivity contribution in [3.05, 3.63) is 28.5 Å². The third-order valence-electron chi connectivity index (χ3n) is 3.51. The molecule has 0 aliphatic carbocycles. The van der Waals surface area contributed by atoms with E-state index in [1.807, 2.05) is 6.20 Å². The van der Waals surface area contributed by atoms with Crippen LogP contribution in [0.3, 0.4) is 0 Å². The standard InChI is InChI=1S/C13H17BrN2O2/c1-9-4-11(13(17)18)2-3-16(9)8-10-5-12(14)7-15-6-10/h5-7,9,11H,2-4,8H2,1H3,(H,17,18). The Morgan fingerprint density at radius 1 is 1.61 bits per heavy atom. The van der Waals surface area contributed by atoms with Crippen LogP contribution in [-0.4, -0.2) is 33.5 Å². The second kappa shape index (κ2) is 5.80. The average Bonchev–Trinajstić information content (AvgIpc) is 2.31. The summed E-state index contributed by atoms with van der Waals surface area (Å²) in [6.45, 7) is 3.77. The number of hydrogen-bond acceptors (Lipinski definition) is 3. The summed E-state index contributed by atoms with van der Waals surface area (Å²) in [5.74, 6) is -0.845. The molecule has 0 bridgehead atoms. The Hall–Kier alpha value is -0.940. The maximum atomic E-state index is 11.0. The number of carboxylic acid groups (broad SMARTS) is 1. The molecular formula is C13H17BrN2O2. The van der Waals surface area contributed by atoms with Crippen molar-refractivity contribution in [3.63, 3.8) is 0 Å². The molecule has 2 heterocycles. The Morgan fingerprint density at radius 3 is 3.00 bits per heavy atom. The number of carbonyl (C=O) groups is 1. The average molecular weight is 313 g/mol. The predicted octanol–water partition coefficient (Wildman–Crippen LogP) is 2.53. The van der Waals surface area contributed by atoms with Gasteiger partial charge in [-0.2, -0.15) is 0 Å². The number of piperidine rings is 1. The summed E-state index contributed by atoms with van der Waals surface area (Å²) in [4.78, 5) is 17.4. The molecule has 2 atom stereocenters. The topological polar surface area (TPSA) is 53.4 Å². The van der Waals surface area contributed by atoms with Gasteiger partial charge in [0.2, 0.25) is 0 Å². The fourth-order valence-corrected chi connectivity index (χ4v) is 2.87. The van der Waals surface area contributed by atoms with E-state index >= 15 is 0 Å². The highest BCUT2D eigenvalue weighted by molar-refractivity contribution is 9.10. The predicted molar refractivity (Wildman–Crippen MR) is 72.2 cm³/mol. The molecule has 1 saturated heterocycles. The van der Waals surface area contributed by atoms with Gasteiger partial charge >= 0.3 is 5.97 Å². The molecule has 0 saturated carbocycles. The minimum absolute atomic E-state index is 0.183. The maximum Gasteiger partial charge on any atom is 0.306 e. The summed E-state index contributed by atoms with van der Waals surface area (Å²) in [5, 5.41) is 9.03. The summed E-state index contributed by atoms with van der Waals surface area (Å²) >= 11 is 3.41. The zero-order valence-electron chi connectivity index (χ0n) is 10.3. The Bertz CT molecular complexity index is 439. The highest BCUT2D eigenvalue weighted by Crippen LogP contribution is 2.24. The highest BCUT2D eigenvalue weighted by Gasteiger charge is 2.29. The summed E-state index contributed by atoms with van der Waals surface area (Å²) in [5.41, 5.74) is 1.16. The number of pyridine rings is 1. The van der Waals surface area contributed by atoms with E-state index < -0.39 is 5.97 Å². The van der Waals surface area contributed by atoms with Crippen LogP contribution in [0, 0.1) is 5.92 Å². The zero-order valence-corrected chi connectivity index (χ0v) is 11.9. The fraction of sp³-hybridized carbons (Fsp3) is 0.538. The zero-order chi connectivity index (χ0) is 13.1. The van der Waals surface area contributed by atoms with Gasteiger partial charge in [-0.05, 0) is 53.9 Å². The van der Waals surface area contributed by atoms with Gasteiger partial charge < -0.3 is 5.11 Å². The van der Waals surface area contributed by atoms with E-state index in [9.17, 15) is 4.79 Å². The van der Waals surface area contributed by atoms with Crippen molar-refractivity contribution in [2.24, 2.45) is 5.92 Å². The number of likely N-dealkylation sites (tertiary alicyclic amines) is 1. The molecule has 0 radical (unpaired) electrons. The first-order valence-corrected chi connectivity index (χ1v) is 6.92. The van der Waals surface area contributed by atoms with Crippen LogP contribution >= 0.6 is 15.9 Å². The fourth-order valence-electron chi connectivity index (χ4n) is 2.46. The first-order chi connectivity index (χ1) is 8.56. The quantitative estimate of drug-likeness (QED) is 0.932. The number of aliphatic carboxylic acids is 1. The van der Waals surface area contributed by atoms with Gasteiger partial charge in [-0.1, -0.05) is 0 Å². The van der Waals surface area contributed by atoms with Crippen molar-refractivity contribution >= 4 is 21.9 Å². The second-order valence-corrected chi connectivity index (χ2v) is 5.81. The van der Waals surface area contributed by atoms with Gasteiger partial charge in [0.15, 0.2) is 0 Å². The first kappa shape index (κ1) is 13.5. The third-order valence-corrected chi connectivity index (χ3v) is 3.94. The smallest absolute Gasteiger partial charge is 0.306 e. The summed E-state index contributed by atoms with van der Waals surface area (Å²) < 4.78 is 0.980. The molecule has 18 heavy (non-hydrogen) atoms. The third kappa shape index (κ3) is 3.29. The molecule has 1 aromatic heterocycles. The lowest BCUT2D eigenvalue weighted by atomic mass is 9.91.